The molecule has 0 saturated heterocycles. The molecule has 1 heterocycles. The minimum atomic E-state index is -0.936. The molecule has 0 unspecified atom stereocenters. The van der Waals surface area contributed by atoms with Gasteiger partial charge in [-0.3, -0.25) is 9.78 Å². The molecule has 0 bridgehead atoms. The Bertz CT molecular complexity index is 330. The van der Waals surface area contributed by atoms with Crippen molar-refractivity contribution in [1.82, 2.24) is 10.3 Å². The second-order valence-corrected chi connectivity index (χ2v) is 2.95. The Morgan fingerprint density at radius 2 is 2.43 bits per heavy atom. The summed E-state index contributed by atoms with van der Waals surface area (Å²) in [6.07, 6.45) is 2.59. The number of aliphatic carboxylic acids is 1. The van der Waals surface area contributed by atoms with Crippen molar-refractivity contribution < 1.29 is 14.3 Å². The average molecular weight is 198 g/mol. The van der Waals surface area contributed by atoms with E-state index >= 15 is 0 Å². The molecule has 0 aromatic carbocycles. The molecule has 0 aliphatic rings. The lowest BCUT2D eigenvalue weighted by Gasteiger charge is -2.08. The Balaban J connectivity index is 2.49. The molecule has 2 N–H and O–H groups in total. The number of halogens is 1. The molecular weight excluding hydrogens is 187 g/mol. The van der Waals surface area contributed by atoms with Crippen LogP contribution in [-0.2, 0) is 11.3 Å². The quantitative estimate of drug-likeness (QED) is 0.750. The zero-order valence-electron chi connectivity index (χ0n) is 7.70. The van der Waals surface area contributed by atoms with Crippen molar-refractivity contribution in [3.8, 4) is 0 Å². The van der Waals surface area contributed by atoms with Gasteiger partial charge in [0, 0.05) is 12.7 Å². The van der Waals surface area contributed by atoms with E-state index in [1.165, 1.54) is 19.2 Å². The van der Waals surface area contributed by atoms with Crippen molar-refractivity contribution in [3.05, 3.63) is 29.8 Å². The van der Waals surface area contributed by atoms with E-state index in [9.17, 15) is 9.18 Å². The second-order valence-electron chi connectivity index (χ2n) is 2.95. The number of hydrogen-bond donors (Lipinski definition) is 2. The van der Waals surface area contributed by atoms with Crippen LogP contribution in [0.25, 0.3) is 0 Å². The van der Waals surface area contributed by atoms with E-state index in [0.29, 0.717) is 5.56 Å². The Morgan fingerprint density at radius 3 is 3.00 bits per heavy atom. The number of aromatic nitrogens is 1. The van der Waals surface area contributed by atoms with Crippen LogP contribution in [0.15, 0.2) is 18.5 Å². The first kappa shape index (κ1) is 10.6. The van der Waals surface area contributed by atoms with Gasteiger partial charge < -0.3 is 10.4 Å². The molecule has 1 aromatic heterocycles. The summed E-state index contributed by atoms with van der Waals surface area (Å²) in [4.78, 5) is 14.1. The van der Waals surface area contributed by atoms with Gasteiger partial charge in [0.15, 0.2) is 0 Å². The number of nitrogens with zero attached hydrogens (tertiary/aromatic N) is 1. The van der Waals surface area contributed by atoms with Crippen molar-refractivity contribution in [2.24, 2.45) is 0 Å². The highest BCUT2D eigenvalue weighted by Gasteiger charge is 2.09. The molecule has 0 saturated carbocycles. The molecule has 4 nitrogen and oxygen atoms in total. The SMILES string of the molecule is C[C@@H](NCc1cncc(F)c1)C(=O)O. The molecule has 1 rings (SSSR count). The van der Waals surface area contributed by atoms with E-state index in [2.05, 4.69) is 10.3 Å². The smallest absolute Gasteiger partial charge is 0.320 e. The summed E-state index contributed by atoms with van der Waals surface area (Å²) >= 11 is 0. The summed E-state index contributed by atoms with van der Waals surface area (Å²) in [5.41, 5.74) is 0.623. The average Bonchev–Trinajstić information content (AvgIpc) is 2.14. The predicted octanol–water partition coefficient (Wildman–Crippen LogP) is 0.783. The lowest BCUT2D eigenvalue weighted by atomic mass is 10.2. The van der Waals surface area contributed by atoms with Crippen LogP contribution < -0.4 is 5.32 Å². The zero-order chi connectivity index (χ0) is 10.6. The van der Waals surface area contributed by atoms with E-state index in [4.69, 9.17) is 5.11 Å². The lowest BCUT2D eigenvalue weighted by Crippen LogP contribution is -2.33. The number of carbonyl (C=O) groups is 1. The fourth-order valence-electron chi connectivity index (χ4n) is 0.911. The molecule has 0 radical (unpaired) electrons. The minimum absolute atomic E-state index is 0.290. The molecular formula is C9H11FN2O2. The Morgan fingerprint density at radius 1 is 1.71 bits per heavy atom. The second kappa shape index (κ2) is 4.66. The van der Waals surface area contributed by atoms with Gasteiger partial charge >= 0.3 is 5.97 Å². The largest absolute Gasteiger partial charge is 0.480 e. The summed E-state index contributed by atoms with van der Waals surface area (Å²) in [5.74, 6) is -1.36. The molecule has 1 atom stereocenters. The summed E-state index contributed by atoms with van der Waals surface area (Å²) < 4.78 is 12.6. The molecule has 0 spiro atoms. The van der Waals surface area contributed by atoms with E-state index in [1.807, 2.05) is 0 Å². The number of rotatable bonds is 4. The van der Waals surface area contributed by atoms with Gasteiger partial charge in [-0.15, -0.1) is 0 Å². The first-order valence-electron chi connectivity index (χ1n) is 4.15. The molecule has 1 aromatic rings. The monoisotopic (exact) mass is 198 g/mol. The maximum Gasteiger partial charge on any atom is 0.320 e. The number of carboxylic acid groups (broad SMARTS) is 1. The summed E-state index contributed by atoms with van der Waals surface area (Å²) in [6, 6.07) is 0.660. The first-order valence-corrected chi connectivity index (χ1v) is 4.15. The first-order chi connectivity index (χ1) is 6.59. The van der Waals surface area contributed by atoms with Gasteiger partial charge in [-0.05, 0) is 18.6 Å². The van der Waals surface area contributed by atoms with E-state index in [-0.39, 0.29) is 6.54 Å². The van der Waals surface area contributed by atoms with Crippen molar-refractivity contribution >= 4 is 5.97 Å². The van der Waals surface area contributed by atoms with E-state index in [1.54, 1.807) is 0 Å². The Hall–Kier alpha value is -1.49. The third-order valence-corrected chi connectivity index (χ3v) is 1.74. The van der Waals surface area contributed by atoms with Crippen LogP contribution in [0.4, 0.5) is 4.39 Å². The molecule has 5 heteroatoms. The van der Waals surface area contributed by atoms with Crippen LogP contribution >= 0.6 is 0 Å². The van der Waals surface area contributed by atoms with Gasteiger partial charge in [0.2, 0.25) is 0 Å². The van der Waals surface area contributed by atoms with Crippen molar-refractivity contribution in [1.29, 1.82) is 0 Å². The highest BCUT2D eigenvalue weighted by molar-refractivity contribution is 5.72. The van der Waals surface area contributed by atoms with Gasteiger partial charge in [-0.2, -0.15) is 0 Å². The summed E-state index contributed by atoms with van der Waals surface area (Å²) in [7, 11) is 0. The van der Waals surface area contributed by atoms with Gasteiger partial charge in [0.05, 0.1) is 6.20 Å². The van der Waals surface area contributed by atoms with Crippen LogP contribution in [0.2, 0.25) is 0 Å². The van der Waals surface area contributed by atoms with Crippen molar-refractivity contribution in [3.63, 3.8) is 0 Å². The van der Waals surface area contributed by atoms with Crippen LogP contribution in [0.5, 0.6) is 0 Å². The lowest BCUT2D eigenvalue weighted by molar-refractivity contribution is -0.139. The van der Waals surface area contributed by atoms with Gasteiger partial charge in [-0.1, -0.05) is 0 Å². The van der Waals surface area contributed by atoms with Crippen LogP contribution in [0.3, 0.4) is 0 Å². The van der Waals surface area contributed by atoms with Crippen LogP contribution in [0, 0.1) is 5.82 Å². The van der Waals surface area contributed by atoms with Gasteiger partial charge in [0.1, 0.15) is 11.9 Å². The molecule has 0 fully saturated rings. The zero-order valence-corrected chi connectivity index (χ0v) is 7.70. The number of hydrogen-bond acceptors (Lipinski definition) is 3. The topological polar surface area (TPSA) is 62.2 Å². The molecule has 0 amide bonds. The number of carboxylic acids is 1. The highest BCUT2D eigenvalue weighted by Crippen LogP contribution is 2.00. The normalized spacial score (nSPS) is 12.4. The fourth-order valence-corrected chi connectivity index (χ4v) is 0.911. The maximum atomic E-state index is 12.6. The maximum absolute atomic E-state index is 12.6. The molecule has 14 heavy (non-hydrogen) atoms. The van der Waals surface area contributed by atoms with E-state index in [0.717, 1.165) is 6.20 Å². The Kier molecular flexibility index (Phi) is 3.53. The third kappa shape index (κ3) is 3.10. The summed E-state index contributed by atoms with van der Waals surface area (Å²) in [6.45, 7) is 1.81. The fraction of sp³-hybridized carbons (Fsp3) is 0.333. The predicted molar refractivity (Wildman–Crippen MR) is 48.1 cm³/mol. The highest BCUT2D eigenvalue weighted by atomic mass is 19.1. The minimum Gasteiger partial charge on any atom is -0.480 e. The van der Waals surface area contributed by atoms with E-state index < -0.39 is 17.8 Å². The van der Waals surface area contributed by atoms with Gasteiger partial charge in [0.25, 0.3) is 0 Å². The molecule has 76 valence electrons. The number of nitrogens with one attached hydrogen (secondary N) is 1. The van der Waals surface area contributed by atoms with Crippen molar-refractivity contribution in [2.45, 2.75) is 19.5 Å². The van der Waals surface area contributed by atoms with Crippen molar-refractivity contribution in [2.75, 3.05) is 0 Å². The van der Waals surface area contributed by atoms with Crippen LogP contribution in [-0.4, -0.2) is 22.1 Å². The molecule has 0 aliphatic heterocycles. The standard InChI is InChI=1S/C9H11FN2O2/c1-6(9(13)14)12-4-7-2-8(10)5-11-3-7/h2-3,5-6,12H,4H2,1H3,(H,13,14)/t6-/m1/s1. The third-order valence-electron chi connectivity index (χ3n) is 1.74. The number of pyridine rings is 1. The Labute approximate surface area is 80.8 Å². The molecule has 0 aliphatic carbocycles. The summed E-state index contributed by atoms with van der Waals surface area (Å²) in [5, 5.41) is 11.3. The van der Waals surface area contributed by atoms with Crippen LogP contribution in [0.1, 0.15) is 12.5 Å². The van der Waals surface area contributed by atoms with Gasteiger partial charge in [-0.25, -0.2) is 4.39 Å².